The van der Waals surface area contributed by atoms with E-state index < -0.39 is 29.7 Å². The first kappa shape index (κ1) is 25.5. The van der Waals surface area contributed by atoms with E-state index in [-0.39, 0.29) is 43.0 Å². The molecule has 0 bridgehead atoms. The molecular weight excluding hydrogens is 456 g/mol. The first-order valence-corrected chi connectivity index (χ1v) is 11.0. The number of phenols is 2. The zero-order chi connectivity index (χ0) is 25.5. The van der Waals surface area contributed by atoms with Crippen molar-refractivity contribution in [2.45, 2.75) is 31.8 Å². The van der Waals surface area contributed by atoms with Gasteiger partial charge in [-0.3, -0.25) is 19.4 Å². The molecular formula is C24H28N4O7. The van der Waals surface area contributed by atoms with E-state index in [2.05, 4.69) is 20.9 Å². The van der Waals surface area contributed by atoms with Crippen LogP contribution in [0.4, 0.5) is 5.69 Å². The van der Waals surface area contributed by atoms with Crippen molar-refractivity contribution < 1.29 is 34.8 Å². The summed E-state index contributed by atoms with van der Waals surface area (Å²) in [7, 11) is 0. The van der Waals surface area contributed by atoms with Crippen LogP contribution < -0.4 is 16.0 Å². The summed E-state index contributed by atoms with van der Waals surface area (Å²) in [6.07, 6.45) is -1.13. The highest BCUT2D eigenvalue weighted by molar-refractivity contribution is 6.00. The topological polar surface area (TPSA) is 181 Å². The van der Waals surface area contributed by atoms with E-state index in [9.17, 15) is 34.8 Å². The number of guanidine groups is 1. The number of carbonyl (C=O) groups excluding carboxylic acids is 2. The highest BCUT2D eigenvalue weighted by Gasteiger charge is 2.23. The van der Waals surface area contributed by atoms with Crippen LogP contribution >= 0.6 is 0 Å². The van der Waals surface area contributed by atoms with E-state index in [1.165, 1.54) is 24.3 Å². The average molecular weight is 485 g/mol. The van der Waals surface area contributed by atoms with Crippen molar-refractivity contribution in [3.63, 3.8) is 0 Å². The van der Waals surface area contributed by atoms with E-state index >= 15 is 0 Å². The number of aliphatic hydroxyl groups excluding tert-OH is 1. The lowest BCUT2D eigenvalue weighted by Gasteiger charge is -2.20. The second-order valence-corrected chi connectivity index (χ2v) is 8.40. The highest BCUT2D eigenvalue weighted by atomic mass is 16.4. The van der Waals surface area contributed by atoms with Crippen LogP contribution in [-0.2, 0) is 9.59 Å². The molecule has 1 amide bonds. The molecule has 35 heavy (non-hydrogen) atoms. The Labute approximate surface area is 201 Å². The number of carboxylic acids is 1. The molecule has 0 saturated carbocycles. The number of aliphatic carboxylic acids is 1. The number of β-amino-alcohol motifs (C(OH)–C–C–N with tert-alkyl or cyclic N) is 1. The van der Waals surface area contributed by atoms with Gasteiger partial charge in [-0.1, -0.05) is 17.7 Å². The number of phenolic OH excluding ortho intramolecular Hbond substituents is 2. The molecule has 11 heteroatoms. The van der Waals surface area contributed by atoms with E-state index in [1.807, 2.05) is 0 Å². The minimum Gasteiger partial charge on any atom is -0.508 e. The number of carboxylic acid groups (broad SMARTS) is 1. The SMILES string of the molecule is Cc1ccc(O)c(C(CC(=O)O)CC(=O)CNC(=O)c2cc(O)cc(NC3=NCC(O)CN3)c2)c1. The summed E-state index contributed by atoms with van der Waals surface area (Å²) in [5, 5.41) is 47.2. The quantitative estimate of drug-likeness (QED) is 0.274. The maximum absolute atomic E-state index is 12.6. The van der Waals surface area contributed by atoms with Gasteiger partial charge in [0.1, 0.15) is 11.5 Å². The predicted octanol–water partition coefficient (Wildman–Crippen LogP) is 1.09. The fraction of sp³-hybridized carbons (Fsp3) is 0.333. The number of aromatic hydroxyl groups is 2. The summed E-state index contributed by atoms with van der Waals surface area (Å²) >= 11 is 0. The van der Waals surface area contributed by atoms with Crippen molar-refractivity contribution >= 4 is 29.3 Å². The molecule has 3 rings (SSSR count). The van der Waals surface area contributed by atoms with Gasteiger partial charge in [-0.05, 0) is 30.7 Å². The lowest BCUT2D eigenvalue weighted by atomic mass is 9.89. The summed E-state index contributed by atoms with van der Waals surface area (Å²) in [5.74, 6) is -2.78. The van der Waals surface area contributed by atoms with Crippen molar-refractivity contribution in [1.82, 2.24) is 10.6 Å². The van der Waals surface area contributed by atoms with Crippen LogP contribution in [0.1, 0.15) is 40.2 Å². The van der Waals surface area contributed by atoms with E-state index in [0.29, 0.717) is 23.8 Å². The minimum atomic E-state index is -1.11. The number of aryl methyl sites for hydroxylation is 1. The van der Waals surface area contributed by atoms with Crippen LogP contribution in [-0.4, -0.2) is 69.8 Å². The Kier molecular flexibility index (Phi) is 8.26. The summed E-state index contributed by atoms with van der Waals surface area (Å²) < 4.78 is 0. The van der Waals surface area contributed by atoms with Crippen LogP contribution in [0.3, 0.4) is 0 Å². The number of carbonyl (C=O) groups is 3. The molecule has 1 aliphatic rings. The van der Waals surface area contributed by atoms with Gasteiger partial charge in [0.05, 0.1) is 25.6 Å². The summed E-state index contributed by atoms with van der Waals surface area (Å²) in [5.41, 5.74) is 1.64. The van der Waals surface area contributed by atoms with Crippen molar-refractivity contribution in [2.75, 3.05) is 25.0 Å². The Hall–Kier alpha value is -4.12. The van der Waals surface area contributed by atoms with Crippen molar-refractivity contribution in [3.05, 3.63) is 53.1 Å². The maximum atomic E-state index is 12.6. The van der Waals surface area contributed by atoms with Crippen molar-refractivity contribution in [2.24, 2.45) is 4.99 Å². The second kappa shape index (κ2) is 11.3. The van der Waals surface area contributed by atoms with Crippen LogP contribution in [0.5, 0.6) is 11.5 Å². The normalized spacial score (nSPS) is 15.9. The van der Waals surface area contributed by atoms with Gasteiger partial charge < -0.3 is 36.4 Å². The Morgan fingerprint density at radius 2 is 1.91 bits per heavy atom. The van der Waals surface area contributed by atoms with Gasteiger partial charge in [0.2, 0.25) is 0 Å². The standard InChI is InChI=1S/C24H28N4O7/c1-13-2-3-21(32)20(4-13)14(8-22(33)34)6-18(30)10-25-23(35)15-5-16(9-17(29)7-15)28-24-26-11-19(31)12-27-24/h2-5,7,9,14,19,29,31-32H,6,8,10-12H2,1H3,(H,25,35)(H,33,34)(H2,26,27,28). The number of hydrogen-bond donors (Lipinski definition) is 7. The Balaban J connectivity index is 1.63. The predicted molar refractivity (Wildman–Crippen MR) is 128 cm³/mol. The number of amides is 1. The smallest absolute Gasteiger partial charge is 0.303 e. The van der Waals surface area contributed by atoms with Gasteiger partial charge in [-0.25, -0.2) is 0 Å². The molecule has 11 nitrogen and oxygen atoms in total. The van der Waals surface area contributed by atoms with E-state index in [1.54, 1.807) is 19.1 Å². The third-order valence-corrected chi connectivity index (χ3v) is 5.37. The van der Waals surface area contributed by atoms with Gasteiger partial charge in [-0.2, -0.15) is 0 Å². The van der Waals surface area contributed by atoms with Crippen LogP contribution in [0, 0.1) is 6.92 Å². The molecule has 1 heterocycles. The second-order valence-electron chi connectivity index (χ2n) is 8.40. The number of Topliss-reactive ketones (excluding diaryl/α,β-unsaturated/α-hetero) is 1. The first-order chi connectivity index (χ1) is 16.6. The Morgan fingerprint density at radius 1 is 1.14 bits per heavy atom. The molecule has 0 saturated heterocycles. The molecule has 0 aromatic heterocycles. The number of anilines is 1. The number of hydrogen-bond acceptors (Lipinski definition) is 9. The molecule has 2 aromatic rings. The molecule has 186 valence electrons. The lowest BCUT2D eigenvalue weighted by Crippen LogP contribution is -2.42. The molecule has 2 atom stereocenters. The summed E-state index contributed by atoms with van der Waals surface area (Å²) in [6.45, 7) is 1.96. The largest absolute Gasteiger partial charge is 0.508 e. The molecule has 0 aliphatic carbocycles. The van der Waals surface area contributed by atoms with Gasteiger partial charge in [0.25, 0.3) is 5.91 Å². The molecule has 7 N–H and O–H groups in total. The average Bonchev–Trinajstić information content (AvgIpc) is 2.79. The highest BCUT2D eigenvalue weighted by Crippen LogP contribution is 2.32. The van der Waals surface area contributed by atoms with Crippen molar-refractivity contribution in [1.29, 1.82) is 0 Å². The van der Waals surface area contributed by atoms with Crippen LogP contribution in [0.2, 0.25) is 0 Å². The summed E-state index contributed by atoms with van der Waals surface area (Å²) in [6, 6.07) is 8.87. The van der Waals surface area contributed by atoms with Crippen molar-refractivity contribution in [3.8, 4) is 11.5 Å². The third kappa shape index (κ3) is 7.44. The zero-order valence-corrected chi connectivity index (χ0v) is 19.1. The first-order valence-electron chi connectivity index (χ1n) is 11.0. The number of nitrogens with one attached hydrogen (secondary N) is 3. The van der Waals surface area contributed by atoms with Gasteiger partial charge >= 0.3 is 5.97 Å². The number of aliphatic hydroxyl groups is 1. The molecule has 2 aromatic carbocycles. The fourth-order valence-corrected chi connectivity index (χ4v) is 3.70. The molecule has 2 unspecified atom stereocenters. The monoisotopic (exact) mass is 484 g/mol. The fourth-order valence-electron chi connectivity index (χ4n) is 3.70. The van der Waals surface area contributed by atoms with Gasteiger partial charge in [0, 0.05) is 36.2 Å². The Morgan fingerprint density at radius 3 is 2.60 bits per heavy atom. The van der Waals surface area contributed by atoms with Crippen LogP contribution in [0.25, 0.3) is 0 Å². The molecule has 0 fully saturated rings. The van der Waals surface area contributed by atoms with Crippen LogP contribution in [0.15, 0.2) is 41.4 Å². The van der Waals surface area contributed by atoms with Gasteiger partial charge in [0.15, 0.2) is 11.7 Å². The molecule has 0 radical (unpaired) electrons. The summed E-state index contributed by atoms with van der Waals surface area (Å²) in [4.78, 5) is 40.6. The van der Waals surface area contributed by atoms with E-state index in [0.717, 1.165) is 5.56 Å². The maximum Gasteiger partial charge on any atom is 0.303 e. The minimum absolute atomic E-state index is 0.0926. The number of ketones is 1. The van der Waals surface area contributed by atoms with Gasteiger partial charge in [-0.15, -0.1) is 0 Å². The third-order valence-electron chi connectivity index (χ3n) is 5.37. The van der Waals surface area contributed by atoms with E-state index in [4.69, 9.17) is 0 Å². The number of nitrogens with zero attached hydrogens (tertiary/aromatic N) is 1. The molecule has 0 spiro atoms. The number of benzene rings is 2. The molecule has 1 aliphatic heterocycles. The lowest BCUT2D eigenvalue weighted by molar-refractivity contribution is -0.137. The number of rotatable bonds is 9. The zero-order valence-electron chi connectivity index (χ0n) is 19.1. The Bertz CT molecular complexity index is 1150. The number of aliphatic imine (C=N–C) groups is 1.